The number of amides is 1. The molecule has 18 heavy (non-hydrogen) atoms. The van der Waals surface area contributed by atoms with Crippen LogP contribution in [-0.2, 0) is 17.8 Å². The Morgan fingerprint density at radius 2 is 2.33 bits per heavy atom. The van der Waals surface area contributed by atoms with Crippen molar-refractivity contribution in [3.05, 3.63) is 16.1 Å². The molecule has 0 radical (unpaired) electrons. The Balaban J connectivity index is 2.50. The number of rotatable bonds is 6. The molecule has 1 amide bonds. The highest BCUT2D eigenvalue weighted by Gasteiger charge is 2.31. The molecule has 0 saturated carbocycles. The maximum absolute atomic E-state index is 11.9. The van der Waals surface area contributed by atoms with Gasteiger partial charge in [-0.25, -0.2) is 4.98 Å². The van der Waals surface area contributed by atoms with Crippen LogP contribution in [0.25, 0.3) is 0 Å². The summed E-state index contributed by atoms with van der Waals surface area (Å²) in [7, 11) is 0. The van der Waals surface area contributed by atoms with Crippen LogP contribution >= 0.6 is 23.1 Å². The third-order valence-corrected chi connectivity index (χ3v) is 5.14. The number of nitrogens with one attached hydrogen (secondary N) is 1. The minimum Gasteiger partial charge on any atom is -0.348 e. The molecule has 1 aromatic rings. The molecule has 0 spiro atoms. The van der Waals surface area contributed by atoms with Crippen molar-refractivity contribution in [1.82, 2.24) is 10.3 Å². The molecule has 1 aromatic heterocycles. The molecule has 0 fully saturated rings. The second-order valence-electron chi connectivity index (χ2n) is 4.59. The highest BCUT2D eigenvalue weighted by molar-refractivity contribution is 8.00. The van der Waals surface area contributed by atoms with E-state index in [9.17, 15) is 4.79 Å². The first-order valence-electron chi connectivity index (χ1n) is 5.92. The fourth-order valence-corrected chi connectivity index (χ4v) is 2.49. The van der Waals surface area contributed by atoms with Gasteiger partial charge in [-0.15, -0.1) is 11.3 Å². The normalized spacial score (nSPS) is 13.4. The van der Waals surface area contributed by atoms with Crippen LogP contribution in [0.15, 0.2) is 5.38 Å². The number of nitrogens with two attached hydrogens (primary N) is 1. The van der Waals surface area contributed by atoms with E-state index >= 15 is 0 Å². The fourth-order valence-electron chi connectivity index (χ4n) is 1.31. The molecule has 1 rings (SSSR count). The minimum absolute atomic E-state index is 0.123. The summed E-state index contributed by atoms with van der Waals surface area (Å²) in [6.45, 7) is 6.47. The van der Waals surface area contributed by atoms with Crippen molar-refractivity contribution >= 4 is 29.0 Å². The highest BCUT2D eigenvalue weighted by atomic mass is 32.2. The Hall–Kier alpha value is -0.590. The second-order valence-corrected chi connectivity index (χ2v) is 6.99. The summed E-state index contributed by atoms with van der Waals surface area (Å²) >= 11 is 3.16. The SMILES string of the molecule is CCc1csc(CNC(=O)[C@@H](N)C(C)(C)SC)n1. The monoisotopic (exact) mass is 287 g/mol. The van der Waals surface area contributed by atoms with Crippen LogP contribution in [0.3, 0.4) is 0 Å². The first-order valence-corrected chi connectivity index (χ1v) is 8.03. The number of carbonyl (C=O) groups excluding carboxylic acids is 1. The molecule has 0 aromatic carbocycles. The second kappa shape index (κ2) is 6.54. The van der Waals surface area contributed by atoms with E-state index in [2.05, 4.69) is 17.2 Å². The predicted octanol–water partition coefficient (Wildman–Crippen LogP) is 1.79. The van der Waals surface area contributed by atoms with E-state index in [0.717, 1.165) is 17.1 Å². The van der Waals surface area contributed by atoms with Gasteiger partial charge in [0, 0.05) is 10.1 Å². The Kier molecular flexibility index (Phi) is 5.62. The summed E-state index contributed by atoms with van der Waals surface area (Å²) in [5, 5.41) is 5.79. The van der Waals surface area contributed by atoms with Crippen LogP contribution in [0.2, 0.25) is 0 Å². The lowest BCUT2D eigenvalue weighted by atomic mass is 10.0. The molecule has 0 aliphatic heterocycles. The largest absolute Gasteiger partial charge is 0.348 e. The smallest absolute Gasteiger partial charge is 0.238 e. The molecule has 3 N–H and O–H groups in total. The molecule has 102 valence electrons. The topological polar surface area (TPSA) is 68.0 Å². The maximum Gasteiger partial charge on any atom is 0.238 e. The van der Waals surface area contributed by atoms with Gasteiger partial charge in [-0.1, -0.05) is 6.92 Å². The molecule has 1 heterocycles. The summed E-state index contributed by atoms with van der Waals surface area (Å²) in [6.07, 6.45) is 2.88. The minimum atomic E-state index is -0.516. The van der Waals surface area contributed by atoms with Crippen LogP contribution in [0, 0.1) is 0 Å². The zero-order valence-corrected chi connectivity index (χ0v) is 13.0. The number of aromatic nitrogens is 1. The molecule has 0 aliphatic carbocycles. The van der Waals surface area contributed by atoms with Gasteiger partial charge < -0.3 is 11.1 Å². The van der Waals surface area contributed by atoms with Crippen molar-refractivity contribution in [3.8, 4) is 0 Å². The van der Waals surface area contributed by atoms with E-state index in [0.29, 0.717) is 6.54 Å². The Bertz CT molecular complexity index is 404. The third-order valence-electron chi connectivity index (χ3n) is 2.93. The van der Waals surface area contributed by atoms with Crippen LogP contribution < -0.4 is 11.1 Å². The zero-order chi connectivity index (χ0) is 13.8. The van der Waals surface area contributed by atoms with Gasteiger partial charge in [-0.3, -0.25) is 4.79 Å². The van der Waals surface area contributed by atoms with E-state index in [1.807, 2.05) is 25.5 Å². The van der Waals surface area contributed by atoms with Gasteiger partial charge in [0.05, 0.1) is 18.3 Å². The van der Waals surface area contributed by atoms with Crippen molar-refractivity contribution < 1.29 is 4.79 Å². The number of aryl methyl sites for hydroxylation is 1. The van der Waals surface area contributed by atoms with Crippen molar-refractivity contribution in [2.24, 2.45) is 5.73 Å². The Morgan fingerprint density at radius 1 is 1.67 bits per heavy atom. The molecule has 6 heteroatoms. The third kappa shape index (κ3) is 3.96. The van der Waals surface area contributed by atoms with Crippen LogP contribution in [-0.4, -0.2) is 27.9 Å². The van der Waals surface area contributed by atoms with Crippen molar-refractivity contribution in [3.63, 3.8) is 0 Å². The number of hydrogen-bond donors (Lipinski definition) is 2. The molecular weight excluding hydrogens is 266 g/mol. The van der Waals surface area contributed by atoms with E-state index in [1.165, 1.54) is 0 Å². The van der Waals surface area contributed by atoms with E-state index in [-0.39, 0.29) is 10.7 Å². The van der Waals surface area contributed by atoms with Gasteiger partial charge in [0.25, 0.3) is 0 Å². The number of hydrogen-bond acceptors (Lipinski definition) is 5. The van der Waals surface area contributed by atoms with Crippen LogP contribution in [0.1, 0.15) is 31.5 Å². The Labute approximate surface area is 117 Å². The van der Waals surface area contributed by atoms with Gasteiger partial charge in [0.15, 0.2) is 0 Å². The molecular formula is C12H21N3OS2. The lowest BCUT2D eigenvalue weighted by Crippen LogP contribution is -2.51. The maximum atomic E-state index is 11.9. The van der Waals surface area contributed by atoms with Gasteiger partial charge >= 0.3 is 0 Å². The van der Waals surface area contributed by atoms with Gasteiger partial charge in [-0.2, -0.15) is 11.8 Å². The van der Waals surface area contributed by atoms with Gasteiger partial charge in [0.1, 0.15) is 5.01 Å². The van der Waals surface area contributed by atoms with Crippen molar-refractivity contribution in [1.29, 1.82) is 0 Å². The van der Waals surface area contributed by atoms with E-state index in [4.69, 9.17) is 5.73 Å². The van der Waals surface area contributed by atoms with Crippen molar-refractivity contribution in [2.45, 2.75) is 44.5 Å². The lowest BCUT2D eigenvalue weighted by Gasteiger charge is -2.28. The van der Waals surface area contributed by atoms with Crippen LogP contribution in [0.5, 0.6) is 0 Å². The summed E-state index contributed by atoms with van der Waals surface area (Å²) in [5.41, 5.74) is 7.02. The van der Waals surface area contributed by atoms with E-state index < -0.39 is 6.04 Å². The first-order chi connectivity index (χ1) is 8.40. The quantitative estimate of drug-likeness (QED) is 0.837. The zero-order valence-electron chi connectivity index (χ0n) is 11.3. The molecule has 0 unspecified atom stereocenters. The molecule has 0 aliphatic rings. The fraction of sp³-hybridized carbons (Fsp3) is 0.667. The number of carbonyl (C=O) groups is 1. The van der Waals surface area contributed by atoms with Gasteiger partial charge in [-0.05, 0) is 26.5 Å². The summed E-state index contributed by atoms with van der Waals surface area (Å²) in [6, 6.07) is -0.516. The van der Waals surface area contributed by atoms with Crippen molar-refractivity contribution in [2.75, 3.05) is 6.26 Å². The Morgan fingerprint density at radius 3 is 2.83 bits per heavy atom. The predicted molar refractivity (Wildman–Crippen MR) is 78.9 cm³/mol. The number of nitrogens with zero attached hydrogens (tertiary/aromatic N) is 1. The standard InChI is InChI=1S/C12H21N3OS2/c1-5-8-7-18-9(15-8)6-14-11(16)10(13)12(2,3)17-4/h7,10H,5-6,13H2,1-4H3,(H,14,16)/t10-/m1/s1. The van der Waals surface area contributed by atoms with E-state index in [1.54, 1.807) is 23.1 Å². The molecule has 1 atom stereocenters. The molecule has 4 nitrogen and oxygen atoms in total. The average molecular weight is 287 g/mol. The lowest BCUT2D eigenvalue weighted by molar-refractivity contribution is -0.123. The summed E-state index contributed by atoms with van der Waals surface area (Å²) in [5.74, 6) is -0.123. The summed E-state index contributed by atoms with van der Waals surface area (Å²) in [4.78, 5) is 16.3. The van der Waals surface area contributed by atoms with Gasteiger partial charge in [0.2, 0.25) is 5.91 Å². The summed E-state index contributed by atoms with van der Waals surface area (Å²) < 4.78 is -0.262. The average Bonchev–Trinajstić information content (AvgIpc) is 2.82. The van der Waals surface area contributed by atoms with Crippen LogP contribution in [0.4, 0.5) is 0 Å². The first kappa shape index (κ1) is 15.5. The number of thiazole rings is 1. The number of thioether (sulfide) groups is 1. The molecule has 0 saturated heterocycles. The highest BCUT2D eigenvalue weighted by Crippen LogP contribution is 2.24. The molecule has 0 bridgehead atoms.